The zero-order valence-electron chi connectivity index (χ0n) is 23.5. The summed E-state index contributed by atoms with van der Waals surface area (Å²) in [5, 5.41) is 3.49. The molecule has 226 valence electrons. The van der Waals surface area contributed by atoms with Crippen LogP contribution in [0.2, 0.25) is 5.02 Å². The van der Waals surface area contributed by atoms with E-state index in [2.05, 4.69) is 10.2 Å². The lowest BCUT2D eigenvalue weighted by atomic mass is 10.1. The molecule has 1 aliphatic rings. The number of benzene rings is 3. The molecule has 42 heavy (non-hydrogen) atoms. The van der Waals surface area contributed by atoms with Crippen LogP contribution < -0.4 is 19.5 Å². The molecule has 1 heterocycles. The lowest BCUT2D eigenvalue weighted by Gasteiger charge is -2.36. The van der Waals surface area contributed by atoms with Crippen molar-refractivity contribution < 1.29 is 36.9 Å². The van der Waals surface area contributed by atoms with E-state index < -0.39 is 11.7 Å². The summed E-state index contributed by atoms with van der Waals surface area (Å²) >= 11 is 6.08. The van der Waals surface area contributed by atoms with Crippen LogP contribution in [0.3, 0.4) is 0 Å². The number of hydrogen-bond donors (Lipinski definition) is 1. The van der Waals surface area contributed by atoms with Crippen molar-refractivity contribution in [3.63, 3.8) is 0 Å². The van der Waals surface area contributed by atoms with Gasteiger partial charge in [0.1, 0.15) is 0 Å². The average molecular weight is 608 g/mol. The highest BCUT2D eigenvalue weighted by molar-refractivity contribution is 6.30. The molecule has 1 aliphatic heterocycles. The van der Waals surface area contributed by atoms with Crippen molar-refractivity contribution in [3.8, 4) is 17.2 Å². The number of halogens is 4. The molecule has 1 saturated heterocycles. The van der Waals surface area contributed by atoms with Crippen LogP contribution in [0.25, 0.3) is 0 Å². The fourth-order valence-electron chi connectivity index (χ4n) is 4.64. The fourth-order valence-corrected chi connectivity index (χ4v) is 4.77. The maximum Gasteiger partial charge on any atom is 0.416 e. The maximum absolute atomic E-state index is 13.0. The van der Waals surface area contributed by atoms with Gasteiger partial charge in [0.2, 0.25) is 5.75 Å². The van der Waals surface area contributed by atoms with E-state index in [9.17, 15) is 18.0 Å². The summed E-state index contributed by atoms with van der Waals surface area (Å²) in [7, 11) is 4.52. The minimum atomic E-state index is -4.39. The average Bonchev–Trinajstić information content (AvgIpc) is 2.99. The summed E-state index contributed by atoms with van der Waals surface area (Å²) in [4.78, 5) is 16.9. The molecular weight excluding hydrogens is 575 g/mol. The molecular formula is C30H33ClF3N3O5. The number of carbonyl (C=O) groups is 1. The summed E-state index contributed by atoms with van der Waals surface area (Å²) in [6.45, 7) is 2.87. The summed E-state index contributed by atoms with van der Waals surface area (Å²) < 4.78 is 61.1. The summed E-state index contributed by atoms with van der Waals surface area (Å²) in [6, 6.07) is 15.3. The van der Waals surface area contributed by atoms with Crippen LogP contribution in [-0.2, 0) is 17.5 Å². The van der Waals surface area contributed by atoms with Gasteiger partial charge in [-0.3, -0.25) is 4.90 Å². The lowest BCUT2D eigenvalue weighted by molar-refractivity contribution is -0.137. The molecule has 12 heteroatoms. The minimum absolute atomic E-state index is 0.141. The molecule has 0 aromatic heterocycles. The monoisotopic (exact) mass is 607 g/mol. The van der Waals surface area contributed by atoms with Gasteiger partial charge >= 0.3 is 12.2 Å². The first-order chi connectivity index (χ1) is 20.1. The molecule has 0 spiro atoms. The molecule has 0 bridgehead atoms. The van der Waals surface area contributed by atoms with Crippen molar-refractivity contribution in [2.45, 2.75) is 18.9 Å². The normalized spacial score (nSPS) is 14.8. The predicted molar refractivity (Wildman–Crippen MR) is 154 cm³/mol. The topological polar surface area (TPSA) is 72.5 Å². The van der Waals surface area contributed by atoms with Crippen molar-refractivity contribution in [1.29, 1.82) is 0 Å². The van der Waals surface area contributed by atoms with Gasteiger partial charge in [-0.25, -0.2) is 4.79 Å². The summed E-state index contributed by atoms with van der Waals surface area (Å²) in [6.07, 6.45) is -4.75. The van der Waals surface area contributed by atoms with Gasteiger partial charge in [0, 0.05) is 49.9 Å². The van der Waals surface area contributed by atoms with Gasteiger partial charge < -0.3 is 29.2 Å². The van der Waals surface area contributed by atoms with Gasteiger partial charge in [0.15, 0.2) is 11.5 Å². The molecule has 1 fully saturated rings. The van der Waals surface area contributed by atoms with Crippen molar-refractivity contribution in [2.24, 2.45) is 0 Å². The van der Waals surface area contributed by atoms with E-state index in [1.54, 1.807) is 29.2 Å². The highest BCUT2D eigenvalue weighted by Crippen LogP contribution is 2.40. The Hall–Kier alpha value is -3.67. The molecule has 1 atom stereocenters. The number of ether oxygens (including phenoxy) is 4. The van der Waals surface area contributed by atoms with Crippen molar-refractivity contribution >= 4 is 23.3 Å². The number of amides is 2. The lowest BCUT2D eigenvalue weighted by Crippen LogP contribution is -2.50. The minimum Gasteiger partial charge on any atom is -0.493 e. The molecule has 3 aromatic carbocycles. The fraction of sp³-hybridized carbons (Fsp3) is 0.367. The Balaban J connectivity index is 1.37. The second-order valence-electron chi connectivity index (χ2n) is 9.68. The third kappa shape index (κ3) is 7.99. The second kappa shape index (κ2) is 14.0. The first-order valence-electron chi connectivity index (χ1n) is 13.2. The van der Waals surface area contributed by atoms with Crippen molar-refractivity contribution in [1.82, 2.24) is 9.80 Å². The predicted octanol–water partition coefficient (Wildman–Crippen LogP) is 6.49. The van der Waals surface area contributed by atoms with Crippen LogP contribution in [0.1, 0.15) is 22.8 Å². The van der Waals surface area contributed by atoms with Gasteiger partial charge in [0.25, 0.3) is 0 Å². The standard InChI is InChI=1S/C30H33ClF3N3O5/c1-39-25-16-24(17-26(40-2)28(25)41-3)35-29(38)37-14-12-36(13-15-37)18-27(21-6-10-23(31)11-7-21)42-19-20-4-8-22(9-5-20)30(32,33)34/h4-11,16-17,27H,12-15,18-19H2,1-3H3,(H,35,38). The molecule has 0 radical (unpaired) electrons. The summed E-state index contributed by atoms with van der Waals surface area (Å²) in [5.74, 6) is 1.30. The van der Waals surface area contributed by atoms with Crippen LogP contribution in [0.5, 0.6) is 17.2 Å². The van der Waals surface area contributed by atoms with Gasteiger partial charge in [-0.1, -0.05) is 35.9 Å². The van der Waals surface area contributed by atoms with E-state index in [1.807, 2.05) is 12.1 Å². The maximum atomic E-state index is 13.0. The number of nitrogens with zero attached hydrogens (tertiary/aromatic N) is 2. The van der Waals surface area contributed by atoms with Gasteiger partial charge in [-0.2, -0.15) is 13.2 Å². The van der Waals surface area contributed by atoms with Crippen LogP contribution in [0, 0.1) is 0 Å². The van der Waals surface area contributed by atoms with Crippen LogP contribution in [0.4, 0.5) is 23.7 Å². The summed E-state index contributed by atoms with van der Waals surface area (Å²) in [5.41, 5.74) is 1.34. The molecule has 8 nitrogen and oxygen atoms in total. The number of rotatable bonds is 10. The van der Waals surface area contributed by atoms with E-state index in [0.717, 1.165) is 17.7 Å². The zero-order chi connectivity index (χ0) is 30.3. The van der Waals surface area contributed by atoms with Gasteiger partial charge in [-0.05, 0) is 35.4 Å². The number of methoxy groups -OCH3 is 3. The highest BCUT2D eigenvalue weighted by atomic mass is 35.5. The van der Waals surface area contributed by atoms with Gasteiger partial charge in [-0.15, -0.1) is 0 Å². The number of alkyl halides is 3. The Kier molecular flexibility index (Phi) is 10.4. The van der Waals surface area contributed by atoms with Crippen LogP contribution in [-0.4, -0.2) is 69.9 Å². The van der Waals surface area contributed by atoms with Crippen molar-refractivity contribution in [3.05, 3.63) is 82.4 Å². The van der Waals surface area contributed by atoms with Crippen molar-refractivity contribution in [2.75, 3.05) is 59.4 Å². The number of piperazine rings is 1. The van der Waals surface area contributed by atoms with Crippen LogP contribution >= 0.6 is 11.6 Å². The Morgan fingerprint density at radius 3 is 2.02 bits per heavy atom. The number of anilines is 1. The van der Waals surface area contributed by atoms with E-state index in [0.29, 0.717) is 66.2 Å². The molecule has 2 amide bonds. The number of urea groups is 1. The highest BCUT2D eigenvalue weighted by Gasteiger charge is 2.30. The Bertz CT molecular complexity index is 1310. The van der Waals surface area contributed by atoms with E-state index in [4.69, 9.17) is 30.5 Å². The largest absolute Gasteiger partial charge is 0.493 e. The Labute approximate surface area is 247 Å². The van der Waals surface area contributed by atoms with Crippen LogP contribution in [0.15, 0.2) is 60.7 Å². The Morgan fingerprint density at radius 2 is 1.50 bits per heavy atom. The molecule has 4 rings (SSSR count). The molecule has 1 unspecified atom stereocenters. The molecule has 0 saturated carbocycles. The smallest absolute Gasteiger partial charge is 0.416 e. The van der Waals surface area contributed by atoms with E-state index in [-0.39, 0.29) is 18.7 Å². The second-order valence-corrected chi connectivity index (χ2v) is 10.1. The van der Waals surface area contributed by atoms with E-state index in [1.165, 1.54) is 33.5 Å². The number of nitrogens with one attached hydrogen (secondary N) is 1. The zero-order valence-corrected chi connectivity index (χ0v) is 24.3. The van der Waals surface area contributed by atoms with E-state index >= 15 is 0 Å². The first-order valence-corrected chi connectivity index (χ1v) is 13.6. The third-order valence-corrected chi connectivity index (χ3v) is 7.23. The molecule has 1 N–H and O–H groups in total. The van der Waals surface area contributed by atoms with Gasteiger partial charge in [0.05, 0.1) is 45.3 Å². The number of carbonyl (C=O) groups excluding carboxylic acids is 1. The molecule has 3 aromatic rings. The quantitative estimate of drug-likeness (QED) is 0.284. The first kappa shape index (κ1) is 31.3. The molecule has 0 aliphatic carbocycles. The third-order valence-electron chi connectivity index (χ3n) is 6.97. The SMILES string of the molecule is COc1cc(NC(=O)N2CCN(CC(OCc3ccc(C(F)(F)F)cc3)c3ccc(Cl)cc3)CC2)cc(OC)c1OC. The number of hydrogen-bond acceptors (Lipinski definition) is 6. The Morgan fingerprint density at radius 1 is 0.905 bits per heavy atom.